The molecule has 1 heterocycles. The van der Waals surface area contributed by atoms with E-state index < -0.39 is 5.97 Å². The zero-order valence-corrected chi connectivity index (χ0v) is 9.74. The number of rotatable bonds is 2. The Hall–Kier alpha value is -0.830. The minimum atomic E-state index is -0.736. The number of carboxylic acid groups (broad SMARTS) is 1. The van der Waals surface area contributed by atoms with Gasteiger partial charge in [0.1, 0.15) is 0 Å². The van der Waals surface area contributed by atoms with Gasteiger partial charge in [-0.2, -0.15) is 0 Å². The van der Waals surface area contributed by atoms with Crippen LogP contribution in [0.15, 0.2) is 11.6 Å². The molecule has 3 heteroatoms. The molecule has 1 aliphatic heterocycles. The van der Waals surface area contributed by atoms with Crippen molar-refractivity contribution in [3.05, 3.63) is 11.6 Å². The van der Waals surface area contributed by atoms with Crippen LogP contribution >= 0.6 is 0 Å². The molecule has 0 aromatic carbocycles. The lowest BCUT2D eigenvalue weighted by atomic mass is 9.88. The Morgan fingerprint density at radius 2 is 1.94 bits per heavy atom. The topological polar surface area (TPSA) is 49.3 Å². The second-order valence-corrected chi connectivity index (χ2v) is 4.98. The van der Waals surface area contributed by atoms with Crippen molar-refractivity contribution in [2.24, 2.45) is 5.92 Å². The van der Waals surface area contributed by atoms with E-state index in [1.165, 1.54) is 38.5 Å². The second-order valence-electron chi connectivity index (χ2n) is 4.98. The summed E-state index contributed by atoms with van der Waals surface area (Å²) in [6, 6.07) is 0.304. The van der Waals surface area contributed by atoms with E-state index in [2.05, 4.69) is 5.32 Å². The molecule has 0 bridgehead atoms. The number of aliphatic carboxylic acids is 1. The number of hydrogen-bond acceptors (Lipinski definition) is 2. The molecule has 3 nitrogen and oxygen atoms in total. The monoisotopic (exact) mass is 223 g/mol. The summed E-state index contributed by atoms with van der Waals surface area (Å²) in [7, 11) is 0. The summed E-state index contributed by atoms with van der Waals surface area (Å²) in [6.45, 7) is 0.819. The fraction of sp³-hybridized carbons (Fsp3) is 0.769. The molecule has 90 valence electrons. The lowest BCUT2D eigenvalue weighted by Gasteiger charge is -2.28. The molecule has 1 atom stereocenters. The number of hydrogen-bond donors (Lipinski definition) is 2. The molecule has 1 saturated carbocycles. The third-order valence-electron chi connectivity index (χ3n) is 3.84. The summed E-state index contributed by atoms with van der Waals surface area (Å²) < 4.78 is 0. The van der Waals surface area contributed by atoms with Crippen molar-refractivity contribution in [3.63, 3.8) is 0 Å². The molecule has 0 aromatic rings. The summed E-state index contributed by atoms with van der Waals surface area (Å²) in [6.07, 6.45) is 10.4. The van der Waals surface area contributed by atoms with Gasteiger partial charge >= 0.3 is 5.97 Å². The van der Waals surface area contributed by atoms with E-state index >= 15 is 0 Å². The third-order valence-corrected chi connectivity index (χ3v) is 3.84. The van der Waals surface area contributed by atoms with Gasteiger partial charge in [0.05, 0.1) is 0 Å². The lowest BCUT2D eigenvalue weighted by molar-refractivity contribution is -0.132. The van der Waals surface area contributed by atoms with E-state index in [1.807, 2.05) is 6.08 Å². The Morgan fingerprint density at radius 1 is 1.25 bits per heavy atom. The van der Waals surface area contributed by atoms with E-state index in [0.717, 1.165) is 6.54 Å². The van der Waals surface area contributed by atoms with Crippen LogP contribution in [0.1, 0.15) is 44.9 Å². The van der Waals surface area contributed by atoms with Gasteiger partial charge in [0.15, 0.2) is 0 Å². The molecule has 0 spiro atoms. The Morgan fingerprint density at radius 3 is 2.56 bits per heavy atom. The summed E-state index contributed by atoms with van der Waals surface area (Å²) in [5.41, 5.74) is 0.605. The Balaban J connectivity index is 2.02. The van der Waals surface area contributed by atoms with Crippen LogP contribution in [0.25, 0.3) is 0 Å². The van der Waals surface area contributed by atoms with E-state index in [0.29, 0.717) is 24.0 Å². The Labute approximate surface area is 96.9 Å². The Kier molecular flexibility index (Phi) is 3.99. The first kappa shape index (κ1) is 11.6. The fourth-order valence-electron chi connectivity index (χ4n) is 2.88. The van der Waals surface area contributed by atoms with Crippen LogP contribution < -0.4 is 5.32 Å². The van der Waals surface area contributed by atoms with Crippen LogP contribution in [0.3, 0.4) is 0 Å². The van der Waals surface area contributed by atoms with E-state index in [9.17, 15) is 4.79 Å². The van der Waals surface area contributed by atoms with E-state index in [1.54, 1.807) is 0 Å². The maximum absolute atomic E-state index is 11.0. The van der Waals surface area contributed by atoms with Gasteiger partial charge in [-0.1, -0.05) is 31.8 Å². The van der Waals surface area contributed by atoms with Crippen molar-refractivity contribution in [2.45, 2.75) is 51.0 Å². The smallest absolute Gasteiger partial charge is 0.331 e. The van der Waals surface area contributed by atoms with Crippen molar-refractivity contribution in [3.8, 4) is 0 Å². The van der Waals surface area contributed by atoms with Gasteiger partial charge in [-0.05, 0) is 31.7 Å². The first-order chi connectivity index (χ1) is 7.77. The summed E-state index contributed by atoms with van der Waals surface area (Å²) in [5, 5.41) is 12.5. The van der Waals surface area contributed by atoms with Crippen molar-refractivity contribution in [1.82, 2.24) is 5.32 Å². The van der Waals surface area contributed by atoms with Gasteiger partial charge < -0.3 is 10.4 Å². The highest BCUT2D eigenvalue weighted by molar-refractivity contribution is 5.86. The lowest BCUT2D eigenvalue weighted by Crippen LogP contribution is -2.39. The second kappa shape index (κ2) is 5.48. The molecule has 1 aliphatic carbocycles. The van der Waals surface area contributed by atoms with Gasteiger partial charge in [-0.25, -0.2) is 4.79 Å². The highest BCUT2D eigenvalue weighted by Gasteiger charge is 2.25. The molecule has 1 fully saturated rings. The van der Waals surface area contributed by atoms with Crippen molar-refractivity contribution in [2.75, 3.05) is 6.54 Å². The molecule has 0 amide bonds. The SMILES string of the molecule is O=C(O)C1=CC(C2CCCCCC2)NCC1. The highest BCUT2D eigenvalue weighted by atomic mass is 16.4. The molecule has 2 aliphatic rings. The maximum Gasteiger partial charge on any atom is 0.331 e. The normalized spacial score (nSPS) is 28.2. The van der Waals surface area contributed by atoms with Crippen LogP contribution in [0.5, 0.6) is 0 Å². The third kappa shape index (κ3) is 2.85. The zero-order valence-electron chi connectivity index (χ0n) is 9.74. The van der Waals surface area contributed by atoms with Crippen LogP contribution in [0.2, 0.25) is 0 Å². The van der Waals surface area contributed by atoms with Crippen LogP contribution in [-0.4, -0.2) is 23.7 Å². The average molecular weight is 223 g/mol. The molecule has 2 rings (SSSR count). The first-order valence-electron chi connectivity index (χ1n) is 6.45. The van der Waals surface area contributed by atoms with Gasteiger partial charge in [0.25, 0.3) is 0 Å². The number of carboxylic acids is 1. The molecule has 0 aromatic heterocycles. The molecule has 16 heavy (non-hydrogen) atoms. The van der Waals surface area contributed by atoms with Crippen LogP contribution in [0.4, 0.5) is 0 Å². The van der Waals surface area contributed by atoms with E-state index in [-0.39, 0.29) is 0 Å². The van der Waals surface area contributed by atoms with Gasteiger partial charge in [0.2, 0.25) is 0 Å². The zero-order chi connectivity index (χ0) is 11.4. The van der Waals surface area contributed by atoms with Crippen LogP contribution in [-0.2, 0) is 4.79 Å². The minimum absolute atomic E-state index is 0.304. The summed E-state index contributed by atoms with van der Waals surface area (Å²) >= 11 is 0. The van der Waals surface area contributed by atoms with E-state index in [4.69, 9.17) is 5.11 Å². The molecule has 2 N–H and O–H groups in total. The molecular formula is C13H21NO2. The van der Waals surface area contributed by atoms with Crippen LogP contribution in [0, 0.1) is 5.92 Å². The van der Waals surface area contributed by atoms with Gasteiger partial charge in [-0.3, -0.25) is 0 Å². The maximum atomic E-state index is 11.0. The van der Waals surface area contributed by atoms with Gasteiger partial charge in [0, 0.05) is 11.6 Å². The predicted octanol–water partition coefficient (Wildman–Crippen LogP) is 2.33. The molecule has 0 radical (unpaired) electrons. The molecule has 0 saturated heterocycles. The van der Waals surface area contributed by atoms with Crippen molar-refractivity contribution >= 4 is 5.97 Å². The summed E-state index contributed by atoms with van der Waals surface area (Å²) in [4.78, 5) is 11.0. The first-order valence-corrected chi connectivity index (χ1v) is 6.45. The quantitative estimate of drug-likeness (QED) is 0.706. The Bertz CT molecular complexity index is 278. The number of carbonyl (C=O) groups is 1. The highest BCUT2D eigenvalue weighted by Crippen LogP contribution is 2.28. The number of nitrogens with one attached hydrogen (secondary N) is 1. The van der Waals surface area contributed by atoms with Gasteiger partial charge in [-0.15, -0.1) is 0 Å². The average Bonchev–Trinajstić information content (AvgIpc) is 2.57. The standard InChI is InChI=1S/C13H21NO2/c15-13(16)11-7-8-14-12(9-11)10-5-3-1-2-4-6-10/h9-10,12,14H,1-8H2,(H,15,16). The fourth-order valence-corrected chi connectivity index (χ4v) is 2.88. The predicted molar refractivity (Wildman–Crippen MR) is 63.3 cm³/mol. The van der Waals surface area contributed by atoms with Crippen molar-refractivity contribution < 1.29 is 9.90 Å². The minimum Gasteiger partial charge on any atom is -0.478 e. The molecular weight excluding hydrogens is 202 g/mol. The summed E-state index contributed by atoms with van der Waals surface area (Å²) in [5.74, 6) is -0.0859. The largest absolute Gasteiger partial charge is 0.478 e. The molecule has 1 unspecified atom stereocenters. The van der Waals surface area contributed by atoms with Crippen molar-refractivity contribution in [1.29, 1.82) is 0 Å².